The Morgan fingerprint density at radius 3 is 2.15 bits per heavy atom. The van der Waals surface area contributed by atoms with Crippen molar-refractivity contribution in [2.45, 2.75) is 111 Å². The van der Waals surface area contributed by atoms with Crippen molar-refractivity contribution in [3.8, 4) is 0 Å². The zero-order valence-corrected chi connectivity index (χ0v) is 25.3. The second-order valence-corrected chi connectivity index (χ2v) is 11.5. The first-order valence-corrected chi connectivity index (χ1v) is 15.7. The Morgan fingerprint density at radius 1 is 0.829 bits per heavy atom. The number of aryl methyl sites for hydroxylation is 1. The lowest BCUT2D eigenvalue weighted by Gasteiger charge is -2.23. The number of aliphatic hydroxyl groups excluding tert-OH is 1. The van der Waals surface area contributed by atoms with Gasteiger partial charge in [0.25, 0.3) is 0 Å². The molecule has 222 valence electrons. The first kappa shape index (κ1) is 32.3. The summed E-state index contributed by atoms with van der Waals surface area (Å²) >= 11 is 0. The molecule has 0 saturated heterocycles. The van der Waals surface area contributed by atoms with Crippen molar-refractivity contribution in [2.24, 2.45) is 5.92 Å². The van der Waals surface area contributed by atoms with Crippen LogP contribution in [0.25, 0.3) is 16.5 Å². The number of esters is 1. The lowest BCUT2D eigenvalue weighted by atomic mass is 9.81. The standard InChI is InChI=1S/C36H48O5/c1-4-5-6-7-8-9-10-11-12-13-14-15-16-17-18-22-31(37)41-25-27(3)32-34(38)30-24-23-28-26(2)20-19-21-29(28)33(30)36(40)35(32)39/h11-12,19-21,23-24,27,38H,4-10,13-18,22,25H2,1-3H3/t27-/m1/s1. The van der Waals surface area contributed by atoms with E-state index in [2.05, 4.69) is 19.1 Å². The van der Waals surface area contributed by atoms with E-state index >= 15 is 0 Å². The number of unbranched alkanes of at least 4 members (excludes halogenated alkanes) is 11. The second-order valence-electron chi connectivity index (χ2n) is 11.5. The van der Waals surface area contributed by atoms with Crippen LogP contribution in [0.1, 0.15) is 125 Å². The molecule has 2 aromatic carbocycles. The average Bonchev–Trinajstić information content (AvgIpc) is 2.96. The fourth-order valence-electron chi connectivity index (χ4n) is 5.62. The van der Waals surface area contributed by atoms with E-state index in [9.17, 15) is 19.5 Å². The van der Waals surface area contributed by atoms with E-state index in [0.29, 0.717) is 17.4 Å². The number of rotatable bonds is 18. The van der Waals surface area contributed by atoms with Gasteiger partial charge in [-0.15, -0.1) is 0 Å². The predicted molar refractivity (Wildman–Crippen MR) is 167 cm³/mol. The van der Waals surface area contributed by atoms with Gasteiger partial charge in [-0.2, -0.15) is 0 Å². The average molecular weight is 561 g/mol. The highest BCUT2D eigenvalue weighted by atomic mass is 16.5. The number of carbonyl (C=O) groups excluding carboxylic acids is 3. The minimum absolute atomic E-state index is 0.0170. The number of ketones is 2. The lowest BCUT2D eigenvalue weighted by molar-refractivity contribution is -0.144. The fraction of sp³-hybridized carbons (Fsp3) is 0.528. The van der Waals surface area contributed by atoms with Crippen LogP contribution in [-0.4, -0.2) is 29.2 Å². The Hall–Kier alpha value is -3.21. The molecule has 0 heterocycles. The van der Waals surface area contributed by atoms with Crippen LogP contribution >= 0.6 is 0 Å². The number of allylic oxidation sites excluding steroid dienone is 2. The van der Waals surface area contributed by atoms with Gasteiger partial charge in [-0.05, 0) is 61.4 Å². The third kappa shape index (κ3) is 9.14. The Labute approximate surface area is 246 Å². The number of hydrogen-bond acceptors (Lipinski definition) is 5. The monoisotopic (exact) mass is 560 g/mol. The van der Waals surface area contributed by atoms with Gasteiger partial charge in [-0.1, -0.05) is 102 Å². The van der Waals surface area contributed by atoms with Crippen LogP contribution in [0.5, 0.6) is 0 Å². The highest BCUT2D eigenvalue weighted by Crippen LogP contribution is 2.36. The van der Waals surface area contributed by atoms with Crippen molar-refractivity contribution < 1.29 is 24.2 Å². The van der Waals surface area contributed by atoms with E-state index < -0.39 is 17.5 Å². The summed E-state index contributed by atoms with van der Waals surface area (Å²) in [5, 5.41) is 12.5. The van der Waals surface area contributed by atoms with Gasteiger partial charge in [-0.25, -0.2) is 0 Å². The molecule has 0 saturated carbocycles. The molecule has 1 aliphatic carbocycles. The van der Waals surface area contributed by atoms with E-state index in [1.165, 1.54) is 51.4 Å². The molecule has 0 aliphatic heterocycles. The van der Waals surface area contributed by atoms with Gasteiger partial charge in [-0.3, -0.25) is 14.4 Å². The van der Waals surface area contributed by atoms with Crippen molar-refractivity contribution in [1.29, 1.82) is 0 Å². The van der Waals surface area contributed by atoms with Gasteiger partial charge < -0.3 is 9.84 Å². The quantitative estimate of drug-likeness (QED) is 0.0850. The molecule has 0 unspecified atom stereocenters. The topological polar surface area (TPSA) is 80.7 Å². The minimum Gasteiger partial charge on any atom is -0.507 e. The number of hydrogen-bond donors (Lipinski definition) is 1. The third-order valence-electron chi connectivity index (χ3n) is 8.10. The van der Waals surface area contributed by atoms with E-state index in [1.807, 2.05) is 25.1 Å². The summed E-state index contributed by atoms with van der Waals surface area (Å²) in [6.45, 7) is 5.84. The van der Waals surface area contributed by atoms with Crippen LogP contribution in [-0.2, 0) is 14.3 Å². The minimum atomic E-state index is -0.732. The van der Waals surface area contributed by atoms with Gasteiger partial charge >= 0.3 is 5.97 Å². The van der Waals surface area contributed by atoms with Gasteiger partial charge in [0.2, 0.25) is 11.6 Å². The molecule has 0 spiro atoms. The molecule has 0 aromatic heterocycles. The van der Waals surface area contributed by atoms with E-state index in [4.69, 9.17) is 4.74 Å². The molecule has 0 bridgehead atoms. The molecule has 2 aromatic rings. The normalized spacial score (nSPS) is 14.2. The van der Waals surface area contributed by atoms with Crippen LogP contribution in [0.2, 0.25) is 0 Å². The summed E-state index contributed by atoms with van der Waals surface area (Å²) in [6, 6.07) is 9.13. The van der Waals surface area contributed by atoms with E-state index in [0.717, 1.165) is 43.1 Å². The Balaban J connectivity index is 1.35. The lowest BCUT2D eigenvalue weighted by Crippen LogP contribution is -2.29. The Bertz CT molecular complexity index is 1250. The number of fused-ring (bicyclic) bond motifs is 3. The number of ether oxygens (including phenoxy) is 1. The molecular weight excluding hydrogens is 512 g/mol. The van der Waals surface area contributed by atoms with Crippen molar-refractivity contribution in [1.82, 2.24) is 0 Å². The first-order valence-electron chi connectivity index (χ1n) is 15.7. The van der Waals surface area contributed by atoms with Gasteiger partial charge in [0, 0.05) is 23.5 Å². The Morgan fingerprint density at radius 2 is 1.46 bits per heavy atom. The predicted octanol–water partition coefficient (Wildman–Crippen LogP) is 9.40. The summed E-state index contributed by atoms with van der Waals surface area (Å²) in [5.41, 5.74) is 1.61. The van der Waals surface area contributed by atoms with Crippen LogP contribution in [0, 0.1) is 12.8 Å². The van der Waals surface area contributed by atoms with Crippen LogP contribution in [0.3, 0.4) is 0 Å². The van der Waals surface area contributed by atoms with E-state index in [1.54, 1.807) is 19.1 Å². The van der Waals surface area contributed by atoms with E-state index in [-0.39, 0.29) is 29.5 Å². The number of benzene rings is 2. The first-order chi connectivity index (χ1) is 19.9. The molecular formula is C36H48O5. The zero-order valence-electron chi connectivity index (χ0n) is 25.3. The third-order valence-corrected chi connectivity index (χ3v) is 8.10. The number of carbonyl (C=O) groups is 3. The largest absolute Gasteiger partial charge is 0.507 e. The van der Waals surface area contributed by atoms with Crippen molar-refractivity contribution in [3.63, 3.8) is 0 Å². The molecule has 1 N–H and O–H groups in total. The van der Waals surface area contributed by atoms with Crippen LogP contribution < -0.4 is 0 Å². The highest BCUT2D eigenvalue weighted by Gasteiger charge is 2.37. The summed E-state index contributed by atoms with van der Waals surface area (Å²) < 4.78 is 5.43. The van der Waals surface area contributed by atoms with Gasteiger partial charge in [0.05, 0.1) is 12.2 Å². The number of aliphatic hydroxyl groups is 1. The molecule has 0 fully saturated rings. The zero-order chi connectivity index (χ0) is 29.6. The molecule has 1 atom stereocenters. The van der Waals surface area contributed by atoms with Crippen molar-refractivity contribution >= 4 is 34.1 Å². The maximum Gasteiger partial charge on any atom is 0.305 e. The van der Waals surface area contributed by atoms with Crippen molar-refractivity contribution in [3.05, 3.63) is 64.7 Å². The molecule has 41 heavy (non-hydrogen) atoms. The summed E-state index contributed by atoms with van der Waals surface area (Å²) in [6.07, 6.45) is 20.5. The molecule has 1 aliphatic rings. The SMILES string of the molecule is CCCCCCCCC=CCCCCCCCC(=O)OC[C@@H](C)C1=C(O)c2ccc3c(C)cccc3c2C(=O)C1=O. The maximum absolute atomic E-state index is 13.1. The smallest absolute Gasteiger partial charge is 0.305 e. The fourth-order valence-corrected chi connectivity index (χ4v) is 5.62. The second kappa shape index (κ2) is 16.9. The van der Waals surface area contributed by atoms with Crippen LogP contribution in [0.4, 0.5) is 0 Å². The summed E-state index contributed by atoms with van der Waals surface area (Å²) in [7, 11) is 0. The molecule has 0 amide bonds. The highest BCUT2D eigenvalue weighted by molar-refractivity contribution is 6.54. The van der Waals surface area contributed by atoms with Crippen LogP contribution in [0.15, 0.2) is 48.1 Å². The Kier molecular flexibility index (Phi) is 13.3. The summed E-state index contributed by atoms with van der Waals surface area (Å²) in [4.78, 5) is 38.4. The molecule has 5 heteroatoms. The molecule has 3 rings (SSSR count). The van der Waals surface area contributed by atoms with Gasteiger partial charge in [0.15, 0.2) is 0 Å². The molecule has 5 nitrogen and oxygen atoms in total. The van der Waals surface area contributed by atoms with Crippen molar-refractivity contribution in [2.75, 3.05) is 6.61 Å². The number of Topliss-reactive ketones (excluding diaryl/α,β-unsaturated/α-hetero) is 2. The molecule has 0 radical (unpaired) electrons. The van der Waals surface area contributed by atoms with Gasteiger partial charge in [0.1, 0.15) is 5.76 Å². The summed E-state index contributed by atoms with van der Waals surface area (Å²) in [5.74, 6) is -2.47. The maximum atomic E-state index is 13.1.